The van der Waals surface area contributed by atoms with Crippen molar-refractivity contribution in [2.75, 3.05) is 24.5 Å². The lowest BCUT2D eigenvalue weighted by molar-refractivity contribution is 0.0945. The molecule has 130 valence electrons. The SMILES string of the molecule is N#Cc1cccc(C(=O)NCC2CCN(c3ncccc3C#N)CC2)c1. The Balaban J connectivity index is 1.52. The molecule has 1 saturated heterocycles. The van der Waals surface area contributed by atoms with Crippen LogP contribution in [0.1, 0.15) is 34.3 Å². The van der Waals surface area contributed by atoms with E-state index in [9.17, 15) is 10.1 Å². The maximum absolute atomic E-state index is 12.2. The van der Waals surface area contributed by atoms with E-state index in [1.165, 1.54) is 0 Å². The van der Waals surface area contributed by atoms with Gasteiger partial charge < -0.3 is 10.2 Å². The molecule has 0 spiro atoms. The fourth-order valence-electron chi connectivity index (χ4n) is 3.15. The summed E-state index contributed by atoms with van der Waals surface area (Å²) in [5, 5.41) is 21.1. The van der Waals surface area contributed by atoms with Gasteiger partial charge in [0.1, 0.15) is 11.9 Å². The molecule has 0 radical (unpaired) electrons. The van der Waals surface area contributed by atoms with Crippen LogP contribution < -0.4 is 10.2 Å². The van der Waals surface area contributed by atoms with Crippen LogP contribution in [0.3, 0.4) is 0 Å². The lowest BCUT2D eigenvalue weighted by atomic mass is 9.96. The summed E-state index contributed by atoms with van der Waals surface area (Å²) in [6.07, 6.45) is 3.57. The number of nitriles is 2. The molecule has 26 heavy (non-hydrogen) atoms. The number of piperidine rings is 1. The molecule has 0 atom stereocenters. The summed E-state index contributed by atoms with van der Waals surface area (Å²) < 4.78 is 0. The van der Waals surface area contributed by atoms with E-state index in [1.54, 1.807) is 42.6 Å². The molecule has 6 nitrogen and oxygen atoms in total. The van der Waals surface area contributed by atoms with Crippen molar-refractivity contribution in [2.24, 2.45) is 5.92 Å². The van der Waals surface area contributed by atoms with Gasteiger partial charge in [0.2, 0.25) is 0 Å². The van der Waals surface area contributed by atoms with Gasteiger partial charge in [-0.3, -0.25) is 4.79 Å². The number of hydrogen-bond acceptors (Lipinski definition) is 5. The lowest BCUT2D eigenvalue weighted by Crippen LogP contribution is -2.39. The molecule has 1 aromatic heterocycles. The van der Waals surface area contributed by atoms with Gasteiger partial charge in [0, 0.05) is 31.4 Å². The van der Waals surface area contributed by atoms with Crippen molar-refractivity contribution in [2.45, 2.75) is 12.8 Å². The van der Waals surface area contributed by atoms with Crippen molar-refractivity contribution in [3.05, 3.63) is 59.3 Å². The molecule has 0 bridgehead atoms. The largest absolute Gasteiger partial charge is 0.356 e. The van der Waals surface area contributed by atoms with Gasteiger partial charge in [-0.15, -0.1) is 0 Å². The zero-order chi connectivity index (χ0) is 18.4. The van der Waals surface area contributed by atoms with Crippen molar-refractivity contribution < 1.29 is 4.79 Å². The molecule has 1 aliphatic rings. The third-order valence-corrected chi connectivity index (χ3v) is 4.63. The van der Waals surface area contributed by atoms with E-state index in [2.05, 4.69) is 21.3 Å². The Morgan fingerprint density at radius 2 is 2.00 bits per heavy atom. The molecule has 2 aromatic rings. The maximum Gasteiger partial charge on any atom is 0.251 e. The standard InChI is InChI=1S/C20H19N5O/c21-12-16-3-1-4-17(11-16)20(26)24-14-15-6-9-25(10-7-15)19-18(13-22)5-2-8-23-19/h1-5,8,11,15H,6-7,9-10,14H2,(H,24,26). The van der Waals surface area contributed by atoms with Crippen molar-refractivity contribution >= 4 is 11.7 Å². The Morgan fingerprint density at radius 3 is 2.73 bits per heavy atom. The summed E-state index contributed by atoms with van der Waals surface area (Å²) in [5.74, 6) is 0.982. The predicted octanol–water partition coefficient (Wildman–Crippen LogP) is 2.47. The second kappa shape index (κ2) is 8.13. The summed E-state index contributed by atoms with van der Waals surface area (Å²) in [4.78, 5) is 18.7. The first-order valence-electron chi connectivity index (χ1n) is 8.59. The predicted molar refractivity (Wildman–Crippen MR) is 97.4 cm³/mol. The van der Waals surface area contributed by atoms with Gasteiger partial charge in [0.15, 0.2) is 0 Å². The van der Waals surface area contributed by atoms with E-state index in [4.69, 9.17) is 5.26 Å². The quantitative estimate of drug-likeness (QED) is 0.919. The summed E-state index contributed by atoms with van der Waals surface area (Å²) >= 11 is 0. The molecule has 0 aliphatic carbocycles. The Kier molecular flexibility index (Phi) is 5.46. The zero-order valence-electron chi connectivity index (χ0n) is 14.4. The van der Waals surface area contributed by atoms with Gasteiger partial charge in [0.25, 0.3) is 5.91 Å². The van der Waals surface area contributed by atoms with Crippen molar-refractivity contribution in [3.63, 3.8) is 0 Å². The smallest absolute Gasteiger partial charge is 0.251 e. The average molecular weight is 345 g/mol. The van der Waals surface area contributed by atoms with E-state index in [0.29, 0.717) is 29.2 Å². The van der Waals surface area contributed by atoms with Crippen LogP contribution in [0, 0.1) is 28.6 Å². The molecule has 1 aliphatic heterocycles. The summed E-state index contributed by atoms with van der Waals surface area (Å²) in [6.45, 7) is 2.24. The van der Waals surface area contributed by atoms with E-state index in [-0.39, 0.29) is 5.91 Å². The van der Waals surface area contributed by atoms with E-state index in [1.807, 2.05) is 6.07 Å². The number of nitrogens with zero attached hydrogens (tertiary/aromatic N) is 4. The van der Waals surface area contributed by atoms with Gasteiger partial charge in [-0.2, -0.15) is 10.5 Å². The number of aromatic nitrogens is 1. The molecule has 1 N–H and O–H groups in total. The van der Waals surface area contributed by atoms with E-state index < -0.39 is 0 Å². The topological polar surface area (TPSA) is 92.8 Å². The number of hydrogen-bond donors (Lipinski definition) is 1. The lowest BCUT2D eigenvalue weighted by Gasteiger charge is -2.33. The second-order valence-corrected chi connectivity index (χ2v) is 6.32. The number of carbonyl (C=O) groups excluding carboxylic acids is 1. The molecular formula is C20H19N5O. The Hall–Kier alpha value is -3.38. The molecule has 6 heteroatoms. The first kappa shape index (κ1) is 17.4. The monoisotopic (exact) mass is 345 g/mol. The zero-order valence-corrected chi connectivity index (χ0v) is 14.4. The molecule has 2 heterocycles. The summed E-state index contributed by atoms with van der Waals surface area (Å²) in [6, 6.07) is 14.5. The number of carbonyl (C=O) groups is 1. The van der Waals surface area contributed by atoms with Gasteiger partial charge >= 0.3 is 0 Å². The molecular weight excluding hydrogens is 326 g/mol. The average Bonchev–Trinajstić information content (AvgIpc) is 2.72. The van der Waals surface area contributed by atoms with Crippen molar-refractivity contribution in [1.29, 1.82) is 10.5 Å². The van der Waals surface area contributed by atoms with Crippen molar-refractivity contribution in [1.82, 2.24) is 10.3 Å². The normalized spacial score (nSPS) is 14.3. The third kappa shape index (κ3) is 3.99. The number of pyridine rings is 1. The highest BCUT2D eigenvalue weighted by Gasteiger charge is 2.22. The fourth-order valence-corrected chi connectivity index (χ4v) is 3.15. The number of benzene rings is 1. The molecule has 3 rings (SSSR count). The number of nitrogens with one attached hydrogen (secondary N) is 1. The molecule has 0 saturated carbocycles. The van der Waals surface area contributed by atoms with E-state index >= 15 is 0 Å². The van der Waals surface area contributed by atoms with Crippen LogP contribution in [0.15, 0.2) is 42.6 Å². The highest BCUT2D eigenvalue weighted by Crippen LogP contribution is 2.23. The molecule has 1 aromatic carbocycles. The second-order valence-electron chi connectivity index (χ2n) is 6.32. The summed E-state index contributed by atoms with van der Waals surface area (Å²) in [7, 11) is 0. The number of rotatable bonds is 4. The minimum Gasteiger partial charge on any atom is -0.356 e. The van der Waals surface area contributed by atoms with Crippen LogP contribution in [-0.2, 0) is 0 Å². The Morgan fingerprint density at radius 1 is 1.19 bits per heavy atom. The van der Waals surface area contributed by atoms with Crippen LogP contribution in [0.5, 0.6) is 0 Å². The highest BCUT2D eigenvalue weighted by atomic mass is 16.1. The molecule has 0 unspecified atom stereocenters. The fraction of sp³-hybridized carbons (Fsp3) is 0.300. The first-order chi connectivity index (χ1) is 12.7. The van der Waals surface area contributed by atoms with Crippen LogP contribution >= 0.6 is 0 Å². The van der Waals surface area contributed by atoms with Crippen LogP contribution in [0.25, 0.3) is 0 Å². The summed E-state index contributed by atoms with van der Waals surface area (Å²) in [5.41, 5.74) is 1.58. The highest BCUT2D eigenvalue weighted by molar-refractivity contribution is 5.94. The van der Waals surface area contributed by atoms with Crippen LogP contribution in [0.4, 0.5) is 5.82 Å². The van der Waals surface area contributed by atoms with E-state index in [0.717, 1.165) is 31.7 Å². The maximum atomic E-state index is 12.2. The minimum absolute atomic E-state index is 0.152. The van der Waals surface area contributed by atoms with Gasteiger partial charge in [-0.05, 0) is 49.1 Å². The van der Waals surface area contributed by atoms with Crippen LogP contribution in [-0.4, -0.2) is 30.5 Å². The molecule has 1 amide bonds. The number of anilines is 1. The van der Waals surface area contributed by atoms with Gasteiger partial charge in [-0.1, -0.05) is 6.07 Å². The minimum atomic E-state index is -0.152. The van der Waals surface area contributed by atoms with Crippen LogP contribution in [0.2, 0.25) is 0 Å². The van der Waals surface area contributed by atoms with Crippen molar-refractivity contribution in [3.8, 4) is 12.1 Å². The first-order valence-corrected chi connectivity index (χ1v) is 8.59. The Labute approximate surface area is 152 Å². The van der Waals surface area contributed by atoms with Gasteiger partial charge in [0.05, 0.1) is 17.2 Å². The Bertz CT molecular complexity index is 872. The third-order valence-electron chi connectivity index (χ3n) is 4.63. The molecule has 1 fully saturated rings. The number of amides is 1. The van der Waals surface area contributed by atoms with Gasteiger partial charge in [-0.25, -0.2) is 4.98 Å².